The van der Waals surface area contributed by atoms with Crippen molar-refractivity contribution < 1.29 is 53.1 Å². The van der Waals surface area contributed by atoms with Crippen molar-refractivity contribution in [1.82, 2.24) is 26.3 Å². The van der Waals surface area contributed by atoms with Gasteiger partial charge in [-0.15, -0.1) is 0 Å². The highest BCUT2D eigenvalue weighted by molar-refractivity contribution is 6.38. The van der Waals surface area contributed by atoms with Crippen molar-refractivity contribution in [2.75, 3.05) is 27.7 Å². The molecule has 1 aromatic rings. The predicted molar refractivity (Wildman–Crippen MR) is 224 cm³/mol. The zero-order chi connectivity index (χ0) is 46.9. The largest absolute Gasteiger partial charge is 0.383 e. The van der Waals surface area contributed by atoms with Crippen LogP contribution >= 0.6 is 0 Å². The molecule has 0 saturated heterocycles. The Kier molecular flexibility index (Phi) is 39.0. The summed E-state index contributed by atoms with van der Waals surface area (Å²) >= 11 is 0. The van der Waals surface area contributed by atoms with Crippen molar-refractivity contribution in [2.24, 2.45) is 35.5 Å². The van der Waals surface area contributed by atoms with E-state index >= 15 is 0 Å². The quantitative estimate of drug-likeness (QED) is 0.160. The maximum atomic E-state index is 11.3. The second-order valence-corrected chi connectivity index (χ2v) is 14.7. The van der Waals surface area contributed by atoms with E-state index in [9.17, 15) is 47.9 Å². The van der Waals surface area contributed by atoms with E-state index in [2.05, 4.69) is 26.3 Å². The third kappa shape index (κ3) is 36.6. The van der Waals surface area contributed by atoms with Crippen molar-refractivity contribution in [1.29, 1.82) is 0 Å². The molecule has 0 radical (unpaired) electrons. The van der Waals surface area contributed by atoms with Crippen molar-refractivity contribution in [3.63, 3.8) is 0 Å². The molecule has 16 nitrogen and oxygen atoms in total. The molecular weight excluding hydrogens is 750 g/mol. The van der Waals surface area contributed by atoms with Crippen molar-refractivity contribution in [2.45, 2.75) is 116 Å². The number of carbonyl (C=O) groups is 10. The van der Waals surface area contributed by atoms with E-state index in [4.69, 9.17) is 5.11 Å². The lowest BCUT2D eigenvalue weighted by Gasteiger charge is -2.11. The Morgan fingerprint density at radius 3 is 1.21 bits per heavy atom. The van der Waals surface area contributed by atoms with E-state index in [1.54, 1.807) is 82.5 Å². The van der Waals surface area contributed by atoms with Crippen LogP contribution < -0.4 is 21.3 Å². The van der Waals surface area contributed by atoms with Gasteiger partial charge in [0.2, 0.25) is 34.9 Å². The molecule has 0 saturated carbocycles. The first-order valence-corrected chi connectivity index (χ1v) is 19.2. The Morgan fingerprint density at radius 2 is 1.00 bits per heavy atom. The third-order valence-electron chi connectivity index (χ3n) is 6.88. The lowest BCUT2D eigenvalue weighted by Crippen LogP contribution is -2.35. The number of hydrogen-bond donors (Lipinski definition) is 5. The van der Waals surface area contributed by atoms with E-state index < -0.39 is 17.9 Å². The number of aliphatic hydroxyl groups excluding tert-OH is 1. The Labute approximate surface area is 346 Å². The van der Waals surface area contributed by atoms with Crippen LogP contribution in [0.1, 0.15) is 109 Å². The lowest BCUT2D eigenvalue weighted by molar-refractivity contribution is -0.139. The molecule has 1 aromatic heterocycles. The number of amides is 4. The smallest absolute Gasteiger partial charge is 0.287 e. The van der Waals surface area contributed by atoms with Crippen LogP contribution in [0.25, 0.3) is 0 Å². The highest BCUT2D eigenvalue weighted by atomic mass is 16.3. The summed E-state index contributed by atoms with van der Waals surface area (Å²) in [4.78, 5) is 110. The van der Waals surface area contributed by atoms with Gasteiger partial charge >= 0.3 is 0 Å². The van der Waals surface area contributed by atoms with Crippen molar-refractivity contribution in [3.05, 3.63) is 30.1 Å². The van der Waals surface area contributed by atoms with Gasteiger partial charge in [-0.2, -0.15) is 0 Å². The van der Waals surface area contributed by atoms with Crippen molar-refractivity contribution in [3.8, 4) is 0 Å². The second kappa shape index (κ2) is 36.4. The fraction of sp³-hybridized carbons (Fsp3) is 0.643. The predicted octanol–water partition coefficient (Wildman–Crippen LogP) is 3.05. The van der Waals surface area contributed by atoms with Gasteiger partial charge < -0.3 is 26.4 Å². The van der Waals surface area contributed by atoms with Crippen LogP contribution in [0.5, 0.6) is 0 Å². The van der Waals surface area contributed by atoms with Crippen LogP contribution in [0.2, 0.25) is 0 Å². The molecule has 1 atom stereocenters. The molecule has 0 aliphatic rings. The number of carbonyl (C=O) groups excluding carboxylic acids is 10. The number of nitrogens with zero attached hydrogens (tertiary/aromatic N) is 1. The molecule has 0 fully saturated rings. The minimum atomic E-state index is -0.866. The Hall–Kier alpha value is -4.99. The molecule has 0 spiro atoms. The molecule has 1 rings (SSSR count). The van der Waals surface area contributed by atoms with Crippen LogP contribution in [0.4, 0.5) is 0 Å². The number of pyridine rings is 1. The van der Waals surface area contributed by atoms with Gasteiger partial charge in [-0.25, -0.2) is 0 Å². The zero-order valence-electron chi connectivity index (χ0n) is 37.9. The normalized spacial score (nSPS) is 10.3. The van der Waals surface area contributed by atoms with Crippen LogP contribution in [0.15, 0.2) is 24.4 Å². The molecule has 1 heterocycles. The zero-order valence-corrected chi connectivity index (χ0v) is 37.9. The summed E-state index contributed by atoms with van der Waals surface area (Å²) in [6, 6.07) is 5.62. The third-order valence-corrected chi connectivity index (χ3v) is 6.88. The molecule has 58 heavy (non-hydrogen) atoms. The first kappa shape index (κ1) is 62.2. The van der Waals surface area contributed by atoms with Gasteiger partial charge in [-0.1, -0.05) is 89.2 Å². The van der Waals surface area contributed by atoms with Gasteiger partial charge in [0.05, 0.1) is 0 Å². The molecular formula is C42H73N5O11. The summed E-state index contributed by atoms with van der Waals surface area (Å²) in [7, 11) is 4.61. The highest BCUT2D eigenvalue weighted by Gasteiger charge is 2.17. The van der Waals surface area contributed by atoms with Gasteiger partial charge in [0.1, 0.15) is 6.10 Å². The average molecular weight is 824 g/mol. The van der Waals surface area contributed by atoms with Crippen molar-refractivity contribution >= 4 is 58.3 Å². The number of Topliss-reactive ketones (excluding diaryl/α,β-unsaturated/α-hetero) is 6. The summed E-state index contributed by atoms with van der Waals surface area (Å²) < 4.78 is 0. The fourth-order valence-electron chi connectivity index (χ4n) is 3.32. The summed E-state index contributed by atoms with van der Waals surface area (Å²) in [5.41, 5.74) is 0.903. The highest BCUT2D eigenvalue weighted by Crippen LogP contribution is 2.00. The van der Waals surface area contributed by atoms with E-state index in [-0.39, 0.29) is 76.1 Å². The molecule has 5 N–H and O–H groups in total. The Balaban J connectivity index is -0.000000199. The minimum Gasteiger partial charge on any atom is -0.383 e. The molecule has 0 bridgehead atoms. The number of likely N-dealkylation sites (N-methyl/N-ethyl adjacent to an activating group) is 2. The summed E-state index contributed by atoms with van der Waals surface area (Å²) in [6.07, 6.45) is 2.11. The lowest BCUT2D eigenvalue weighted by atomic mass is 10.1. The van der Waals surface area contributed by atoms with Gasteiger partial charge in [0.15, 0.2) is 11.6 Å². The first-order chi connectivity index (χ1) is 26.6. The SMILES string of the molecule is CC(=O)C(=O)C(C)C.CC(=O)C(=O)C(C)C.CC(C)C(=O)C(=O)NCCc1ccccn1.CNC(=O)C(=O)C(C)C.CNC(=O)C(O)C(C)C.CNC(=O)CC(C)C. The van der Waals surface area contributed by atoms with Crippen LogP contribution in [-0.2, 0) is 54.4 Å². The summed E-state index contributed by atoms with van der Waals surface area (Å²) in [5, 5.41) is 18.7. The standard InChI is InChI=1S/C12H16N2O2.C6H13NO2.C6H11NO2.C6H13NO.2C6H10O2/c1-9(2)11(15)12(16)14-8-6-10-5-3-4-7-13-10;2*1-4(2)5(8)6(9)7-3;1-5(2)4-6(8)7-3;2*1-4(2)6(8)5(3)7/h3-5,7,9H,6,8H2,1-2H3,(H,14,16);4-5,8H,1-3H3,(H,7,9);4H,1-3H3,(H,7,9);5H,4H2,1-3H3,(H,7,8);2*4H,1-3H3. The fourth-order valence-corrected chi connectivity index (χ4v) is 3.32. The van der Waals surface area contributed by atoms with Crippen LogP contribution in [0.3, 0.4) is 0 Å². The van der Waals surface area contributed by atoms with E-state index in [1.165, 1.54) is 27.9 Å². The minimum absolute atomic E-state index is 0.00931. The van der Waals surface area contributed by atoms with Crippen LogP contribution in [-0.4, -0.2) is 102 Å². The first-order valence-electron chi connectivity index (χ1n) is 19.2. The average Bonchev–Trinajstić information content (AvgIpc) is 3.16. The Bertz CT molecular complexity index is 1390. The number of ketones is 6. The summed E-state index contributed by atoms with van der Waals surface area (Å²) in [6.45, 7) is 24.3. The van der Waals surface area contributed by atoms with E-state index in [0.29, 0.717) is 25.3 Å². The van der Waals surface area contributed by atoms with Crippen LogP contribution in [0, 0.1) is 35.5 Å². The van der Waals surface area contributed by atoms with E-state index in [1.807, 2.05) is 32.0 Å². The topological polar surface area (TPSA) is 252 Å². The number of hydrogen-bond acceptors (Lipinski definition) is 12. The van der Waals surface area contributed by atoms with E-state index in [0.717, 1.165) is 5.69 Å². The van der Waals surface area contributed by atoms with Gasteiger partial charge in [0, 0.05) is 89.9 Å². The molecule has 0 aliphatic carbocycles. The summed E-state index contributed by atoms with van der Waals surface area (Å²) in [5.74, 6) is -3.51. The Morgan fingerprint density at radius 1 is 0.586 bits per heavy atom. The maximum Gasteiger partial charge on any atom is 0.287 e. The molecule has 0 aliphatic heterocycles. The van der Waals surface area contributed by atoms with Gasteiger partial charge in [0.25, 0.3) is 11.8 Å². The molecule has 4 amide bonds. The second-order valence-electron chi connectivity index (χ2n) is 14.7. The number of nitrogens with one attached hydrogen (secondary N) is 4. The number of aromatic nitrogens is 1. The maximum absolute atomic E-state index is 11.3. The van der Waals surface area contributed by atoms with Gasteiger partial charge in [-0.05, 0) is 24.0 Å². The monoisotopic (exact) mass is 824 g/mol. The molecule has 1 unspecified atom stereocenters. The van der Waals surface area contributed by atoms with Gasteiger partial charge in [-0.3, -0.25) is 52.9 Å². The molecule has 332 valence electrons. The number of rotatable bonds is 15. The number of aliphatic hydroxyl groups is 1. The molecule has 16 heteroatoms. The molecule has 0 aromatic carbocycles.